The molecular formula is C26H24N2O6. The summed E-state index contributed by atoms with van der Waals surface area (Å²) in [5.74, 6) is -1.87. The van der Waals surface area contributed by atoms with Crippen molar-refractivity contribution in [2.75, 3.05) is 18.5 Å². The van der Waals surface area contributed by atoms with E-state index in [4.69, 9.17) is 14.9 Å². The molecule has 1 aliphatic rings. The average molecular weight is 460 g/mol. The van der Waals surface area contributed by atoms with Crippen LogP contribution in [0.15, 0.2) is 72.8 Å². The minimum absolute atomic E-state index is 0.0506. The van der Waals surface area contributed by atoms with Gasteiger partial charge in [-0.2, -0.15) is 0 Å². The number of carbonyl (C=O) groups is 3. The van der Waals surface area contributed by atoms with Crippen molar-refractivity contribution >= 4 is 23.7 Å². The van der Waals surface area contributed by atoms with Gasteiger partial charge in [-0.3, -0.25) is 10.1 Å². The van der Waals surface area contributed by atoms with Crippen LogP contribution < -0.4 is 10.6 Å². The molecule has 2 amide bonds. The van der Waals surface area contributed by atoms with E-state index in [1.807, 2.05) is 36.4 Å². The smallest absolute Gasteiger partial charge is 0.411 e. The number of rotatable bonds is 8. The number of amides is 2. The van der Waals surface area contributed by atoms with Gasteiger partial charge in [0.15, 0.2) is 0 Å². The lowest BCUT2D eigenvalue weighted by atomic mass is 9.98. The fourth-order valence-electron chi connectivity index (χ4n) is 4.09. The molecule has 3 aromatic carbocycles. The molecule has 34 heavy (non-hydrogen) atoms. The first-order valence-corrected chi connectivity index (χ1v) is 10.8. The molecule has 0 saturated carbocycles. The Balaban J connectivity index is 1.35. The summed E-state index contributed by atoms with van der Waals surface area (Å²) in [5, 5.41) is 23.0. The number of nitrogens with one attached hydrogen (secondary N) is 2. The zero-order valence-electron chi connectivity index (χ0n) is 18.2. The van der Waals surface area contributed by atoms with Crippen molar-refractivity contribution < 1.29 is 29.3 Å². The molecule has 8 heteroatoms. The first-order valence-electron chi connectivity index (χ1n) is 10.8. The van der Waals surface area contributed by atoms with Crippen LogP contribution >= 0.6 is 0 Å². The Morgan fingerprint density at radius 3 is 2.03 bits per heavy atom. The third kappa shape index (κ3) is 4.92. The maximum atomic E-state index is 12.4. The molecule has 0 spiro atoms. The summed E-state index contributed by atoms with van der Waals surface area (Å²) >= 11 is 0. The molecule has 0 radical (unpaired) electrons. The predicted octanol–water partition coefficient (Wildman–Crippen LogP) is 3.61. The molecule has 0 aromatic heterocycles. The zero-order chi connectivity index (χ0) is 24.1. The summed E-state index contributed by atoms with van der Waals surface area (Å²) in [6, 6.07) is 20.9. The highest BCUT2D eigenvalue weighted by Gasteiger charge is 2.29. The van der Waals surface area contributed by atoms with Gasteiger partial charge in [0.05, 0.1) is 0 Å². The number of carboxylic acid groups (broad SMARTS) is 1. The molecule has 0 saturated heterocycles. The van der Waals surface area contributed by atoms with E-state index in [0.717, 1.165) is 22.3 Å². The van der Waals surface area contributed by atoms with Gasteiger partial charge >= 0.3 is 12.1 Å². The molecule has 1 aliphatic carbocycles. The third-order valence-corrected chi connectivity index (χ3v) is 5.76. The van der Waals surface area contributed by atoms with Crippen LogP contribution in [0.3, 0.4) is 0 Å². The van der Waals surface area contributed by atoms with Gasteiger partial charge in [-0.05, 0) is 46.5 Å². The highest BCUT2D eigenvalue weighted by molar-refractivity contribution is 5.97. The van der Waals surface area contributed by atoms with Crippen LogP contribution in [-0.4, -0.2) is 47.4 Å². The van der Waals surface area contributed by atoms with Crippen molar-refractivity contribution in [3.8, 4) is 11.1 Å². The highest BCUT2D eigenvalue weighted by Crippen LogP contribution is 2.44. The number of fused-ring (bicyclic) bond motifs is 3. The van der Waals surface area contributed by atoms with Gasteiger partial charge in [0.1, 0.15) is 12.6 Å². The molecule has 4 N–H and O–H groups in total. The Morgan fingerprint density at radius 2 is 1.47 bits per heavy atom. The molecule has 3 aromatic rings. The van der Waals surface area contributed by atoms with Crippen LogP contribution in [-0.2, 0) is 9.53 Å². The molecule has 174 valence electrons. The molecular weight excluding hydrogens is 436 g/mol. The van der Waals surface area contributed by atoms with Gasteiger partial charge < -0.3 is 20.3 Å². The summed E-state index contributed by atoms with van der Waals surface area (Å²) in [5.41, 5.74) is 5.18. The number of hydrogen-bond acceptors (Lipinski definition) is 5. The first-order chi connectivity index (χ1) is 16.5. The summed E-state index contributed by atoms with van der Waals surface area (Å²) in [7, 11) is 0. The summed E-state index contributed by atoms with van der Waals surface area (Å²) in [6.07, 6.45) is -0.712. The van der Waals surface area contributed by atoms with Crippen molar-refractivity contribution in [1.29, 1.82) is 0 Å². The van der Waals surface area contributed by atoms with E-state index in [9.17, 15) is 14.4 Å². The van der Waals surface area contributed by atoms with E-state index in [2.05, 4.69) is 22.8 Å². The molecule has 0 unspecified atom stereocenters. The molecule has 0 fully saturated rings. The van der Waals surface area contributed by atoms with Crippen molar-refractivity contribution in [3.63, 3.8) is 0 Å². The Hall–Kier alpha value is -4.17. The van der Waals surface area contributed by atoms with Crippen molar-refractivity contribution in [1.82, 2.24) is 5.32 Å². The largest absolute Gasteiger partial charge is 0.480 e. The van der Waals surface area contributed by atoms with Crippen molar-refractivity contribution in [2.45, 2.75) is 18.4 Å². The summed E-state index contributed by atoms with van der Waals surface area (Å²) in [4.78, 5) is 35.8. The Kier molecular flexibility index (Phi) is 6.89. The van der Waals surface area contributed by atoms with Gasteiger partial charge in [-0.25, -0.2) is 9.59 Å². The summed E-state index contributed by atoms with van der Waals surface area (Å²) in [6.45, 7) is -0.179. The number of carbonyl (C=O) groups excluding carboxylic acids is 2. The van der Waals surface area contributed by atoms with Gasteiger partial charge in [0.25, 0.3) is 5.91 Å². The lowest BCUT2D eigenvalue weighted by Crippen LogP contribution is -2.41. The topological polar surface area (TPSA) is 125 Å². The molecule has 0 heterocycles. The standard InChI is InChI=1S/C26H24N2O6/c29-14-13-23(25(31)32)28-24(30)16-9-11-17(12-10-16)27-26(33)34-15-22-20-7-3-1-5-18(20)19-6-2-4-8-21(19)22/h1-12,22-23,29H,13-15H2,(H,27,33)(H,28,30)(H,31,32)/t23-/m0/s1. The minimum Gasteiger partial charge on any atom is -0.480 e. The van der Waals surface area contributed by atoms with Gasteiger partial charge in [0.2, 0.25) is 0 Å². The number of benzene rings is 3. The molecule has 8 nitrogen and oxygen atoms in total. The predicted molar refractivity (Wildman–Crippen MR) is 126 cm³/mol. The van der Waals surface area contributed by atoms with Crippen LogP contribution in [0.5, 0.6) is 0 Å². The fraction of sp³-hybridized carbons (Fsp3) is 0.192. The van der Waals surface area contributed by atoms with Crippen LogP contribution in [0, 0.1) is 0 Å². The molecule has 1 atom stereocenters. The molecule has 0 bridgehead atoms. The number of hydrogen-bond donors (Lipinski definition) is 4. The van der Waals surface area contributed by atoms with Crippen LogP contribution in [0.4, 0.5) is 10.5 Å². The number of aliphatic hydroxyl groups is 1. The van der Waals surface area contributed by atoms with Crippen LogP contribution in [0.1, 0.15) is 33.8 Å². The van der Waals surface area contributed by atoms with Crippen molar-refractivity contribution in [3.05, 3.63) is 89.5 Å². The van der Waals surface area contributed by atoms with Gasteiger partial charge in [-0.1, -0.05) is 48.5 Å². The highest BCUT2D eigenvalue weighted by atomic mass is 16.5. The average Bonchev–Trinajstić information content (AvgIpc) is 3.16. The third-order valence-electron chi connectivity index (χ3n) is 5.76. The maximum Gasteiger partial charge on any atom is 0.411 e. The number of anilines is 1. The second-order valence-electron chi connectivity index (χ2n) is 7.90. The molecule has 4 rings (SSSR count). The number of aliphatic hydroxyl groups excluding tert-OH is 1. The lowest BCUT2D eigenvalue weighted by Gasteiger charge is -2.15. The normalized spacial score (nSPS) is 12.9. The Morgan fingerprint density at radius 1 is 0.882 bits per heavy atom. The van der Waals surface area contributed by atoms with E-state index in [1.54, 1.807) is 0 Å². The fourth-order valence-corrected chi connectivity index (χ4v) is 4.09. The number of aliphatic carboxylic acids is 1. The van der Waals surface area contributed by atoms with Crippen LogP contribution in [0.25, 0.3) is 11.1 Å². The first kappa shape index (κ1) is 23.0. The molecule has 0 aliphatic heterocycles. The monoisotopic (exact) mass is 460 g/mol. The van der Waals surface area contributed by atoms with Gasteiger partial charge in [0, 0.05) is 30.2 Å². The quantitative estimate of drug-likeness (QED) is 0.407. The van der Waals surface area contributed by atoms with Crippen molar-refractivity contribution in [2.24, 2.45) is 0 Å². The Labute approximate surface area is 196 Å². The van der Waals surface area contributed by atoms with E-state index in [0.29, 0.717) is 5.69 Å². The van der Waals surface area contributed by atoms with E-state index < -0.39 is 24.0 Å². The number of carboxylic acids is 1. The summed E-state index contributed by atoms with van der Waals surface area (Å²) < 4.78 is 5.51. The van der Waals surface area contributed by atoms with E-state index in [-0.39, 0.29) is 31.1 Å². The zero-order valence-corrected chi connectivity index (χ0v) is 18.2. The maximum absolute atomic E-state index is 12.4. The Bertz CT molecular complexity index is 1160. The van der Waals surface area contributed by atoms with E-state index >= 15 is 0 Å². The lowest BCUT2D eigenvalue weighted by molar-refractivity contribution is -0.139. The second kappa shape index (κ2) is 10.2. The minimum atomic E-state index is -1.23. The van der Waals surface area contributed by atoms with E-state index in [1.165, 1.54) is 24.3 Å². The SMILES string of the molecule is O=C(Nc1ccc(C(=O)N[C@@H](CCO)C(=O)O)cc1)OCC1c2ccccc2-c2ccccc21. The van der Waals surface area contributed by atoms with Crippen LogP contribution in [0.2, 0.25) is 0 Å². The second-order valence-corrected chi connectivity index (χ2v) is 7.90. The number of ether oxygens (including phenoxy) is 1. The van der Waals surface area contributed by atoms with Gasteiger partial charge in [-0.15, -0.1) is 0 Å².